The molecule has 1 aliphatic rings. The quantitative estimate of drug-likeness (QED) is 0.937. The summed E-state index contributed by atoms with van der Waals surface area (Å²) in [7, 11) is 0. The zero-order valence-electron chi connectivity index (χ0n) is 13.0. The van der Waals surface area contributed by atoms with Gasteiger partial charge in [-0.15, -0.1) is 0 Å². The number of piperidine rings is 1. The number of benzene rings is 1. The third kappa shape index (κ3) is 2.75. The molecule has 0 atom stereocenters. The Kier molecular flexibility index (Phi) is 4.11. The lowest BCUT2D eigenvalue weighted by atomic mass is 9.85. The van der Waals surface area contributed by atoms with Crippen LogP contribution in [0.15, 0.2) is 29.1 Å². The summed E-state index contributed by atoms with van der Waals surface area (Å²) in [4.78, 5) is 17.7. The van der Waals surface area contributed by atoms with Crippen molar-refractivity contribution >= 4 is 10.8 Å². The Morgan fingerprint density at radius 1 is 1.19 bits per heavy atom. The number of H-pyrrole nitrogens is 1. The van der Waals surface area contributed by atoms with E-state index in [9.17, 15) is 4.79 Å². The van der Waals surface area contributed by atoms with Crippen LogP contribution in [-0.2, 0) is 0 Å². The fraction of sp³-hybridized carbons (Fsp3) is 0.500. The molecular weight excluding hydrogens is 260 g/mol. The van der Waals surface area contributed by atoms with Crippen LogP contribution >= 0.6 is 0 Å². The average molecular weight is 284 g/mol. The molecule has 2 aromatic rings. The number of aromatic nitrogens is 1. The highest BCUT2D eigenvalue weighted by Crippen LogP contribution is 2.33. The molecule has 0 bridgehead atoms. The van der Waals surface area contributed by atoms with Crippen LogP contribution in [0.25, 0.3) is 10.8 Å². The molecule has 1 saturated heterocycles. The summed E-state index contributed by atoms with van der Waals surface area (Å²) >= 11 is 0. The standard InChI is InChI=1S/C18H24N2O/c1-3-10-20-11-8-14(9-12-20)17-13(2)19-18(21)16-7-5-4-6-15(16)17/h4-7,14H,3,8-12H2,1-2H3,(H,19,21). The summed E-state index contributed by atoms with van der Waals surface area (Å²) in [5, 5.41) is 1.97. The van der Waals surface area contributed by atoms with Gasteiger partial charge in [-0.05, 0) is 68.8 Å². The van der Waals surface area contributed by atoms with Crippen molar-refractivity contribution in [1.29, 1.82) is 0 Å². The van der Waals surface area contributed by atoms with Gasteiger partial charge in [-0.1, -0.05) is 25.1 Å². The number of fused-ring (bicyclic) bond motifs is 1. The molecule has 1 aromatic carbocycles. The van der Waals surface area contributed by atoms with Crippen molar-refractivity contribution in [3.05, 3.63) is 45.9 Å². The molecule has 0 spiro atoms. The minimum Gasteiger partial charge on any atom is -0.326 e. The third-order valence-electron chi connectivity index (χ3n) is 4.70. The first-order valence-electron chi connectivity index (χ1n) is 8.04. The molecule has 1 N–H and O–H groups in total. The number of likely N-dealkylation sites (tertiary alicyclic amines) is 1. The van der Waals surface area contributed by atoms with Crippen LogP contribution < -0.4 is 5.56 Å². The number of nitrogens with one attached hydrogen (secondary N) is 1. The molecule has 2 heterocycles. The zero-order chi connectivity index (χ0) is 14.8. The SMILES string of the molecule is CCCN1CCC(c2c(C)[nH]c(=O)c3ccccc23)CC1. The maximum Gasteiger partial charge on any atom is 0.256 e. The van der Waals surface area contributed by atoms with Crippen LogP contribution in [0.3, 0.4) is 0 Å². The maximum absolute atomic E-state index is 12.1. The number of pyridine rings is 1. The van der Waals surface area contributed by atoms with E-state index in [-0.39, 0.29) is 5.56 Å². The zero-order valence-corrected chi connectivity index (χ0v) is 13.0. The average Bonchev–Trinajstić information content (AvgIpc) is 2.49. The minimum atomic E-state index is 0.0373. The topological polar surface area (TPSA) is 36.1 Å². The summed E-state index contributed by atoms with van der Waals surface area (Å²) in [5.41, 5.74) is 2.45. The van der Waals surface area contributed by atoms with E-state index in [0.717, 1.165) is 16.5 Å². The van der Waals surface area contributed by atoms with Crippen LogP contribution in [-0.4, -0.2) is 29.5 Å². The van der Waals surface area contributed by atoms with Gasteiger partial charge in [0.2, 0.25) is 0 Å². The molecule has 21 heavy (non-hydrogen) atoms. The van der Waals surface area contributed by atoms with Crippen molar-refractivity contribution in [3.63, 3.8) is 0 Å². The van der Waals surface area contributed by atoms with Gasteiger partial charge in [-0.3, -0.25) is 4.79 Å². The molecule has 3 heteroatoms. The van der Waals surface area contributed by atoms with Crippen LogP contribution in [0.2, 0.25) is 0 Å². The highest BCUT2D eigenvalue weighted by Gasteiger charge is 2.23. The van der Waals surface area contributed by atoms with E-state index >= 15 is 0 Å². The van der Waals surface area contributed by atoms with Gasteiger partial charge >= 0.3 is 0 Å². The number of hydrogen-bond acceptors (Lipinski definition) is 2. The van der Waals surface area contributed by atoms with Crippen molar-refractivity contribution in [2.75, 3.05) is 19.6 Å². The van der Waals surface area contributed by atoms with Crippen molar-refractivity contribution in [2.45, 2.75) is 39.0 Å². The lowest BCUT2D eigenvalue weighted by Crippen LogP contribution is -2.34. The van der Waals surface area contributed by atoms with Gasteiger partial charge in [0.25, 0.3) is 5.56 Å². The summed E-state index contributed by atoms with van der Waals surface area (Å²) in [5.74, 6) is 0.569. The predicted octanol–water partition coefficient (Wildman–Crippen LogP) is 3.43. The Balaban J connectivity index is 1.96. The van der Waals surface area contributed by atoms with Gasteiger partial charge in [0.05, 0.1) is 0 Å². The summed E-state index contributed by atoms with van der Waals surface area (Å²) < 4.78 is 0. The van der Waals surface area contributed by atoms with E-state index < -0.39 is 0 Å². The molecule has 3 rings (SSSR count). The van der Waals surface area contributed by atoms with E-state index in [0.29, 0.717) is 5.92 Å². The number of aryl methyl sites for hydroxylation is 1. The first kappa shape index (κ1) is 14.3. The normalized spacial score (nSPS) is 17.4. The Bertz CT molecular complexity index is 681. The highest BCUT2D eigenvalue weighted by molar-refractivity contribution is 5.85. The molecule has 0 amide bonds. The predicted molar refractivity (Wildman–Crippen MR) is 88.0 cm³/mol. The van der Waals surface area contributed by atoms with Gasteiger partial charge in [-0.25, -0.2) is 0 Å². The number of hydrogen-bond donors (Lipinski definition) is 1. The molecule has 0 radical (unpaired) electrons. The molecule has 1 aliphatic heterocycles. The van der Waals surface area contributed by atoms with E-state index in [2.05, 4.69) is 22.9 Å². The number of nitrogens with zero attached hydrogens (tertiary/aromatic N) is 1. The first-order chi connectivity index (χ1) is 10.2. The Morgan fingerprint density at radius 2 is 1.86 bits per heavy atom. The second kappa shape index (κ2) is 6.02. The Morgan fingerprint density at radius 3 is 2.52 bits per heavy atom. The third-order valence-corrected chi connectivity index (χ3v) is 4.70. The molecule has 0 saturated carbocycles. The largest absolute Gasteiger partial charge is 0.326 e. The molecule has 1 aromatic heterocycles. The molecule has 0 unspecified atom stereocenters. The van der Waals surface area contributed by atoms with Crippen molar-refractivity contribution in [1.82, 2.24) is 9.88 Å². The van der Waals surface area contributed by atoms with Gasteiger partial charge in [0, 0.05) is 11.1 Å². The fourth-order valence-corrected chi connectivity index (χ4v) is 3.71. The number of aromatic amines is 1. The first-order valence-corrected chi connectivity index (χ1v) is 8.04. The second-order valence-electron chi connectivity index (χ2n) is 6.15. The molecule has 3 nitrogen and oxygen atoms in total. The van der Waals surface area contributed by atoms with Gasteiger partial charge in [0.1, 0.15) is 0 Å². The molecule has 1 fully saturated rings. The molecule has 112 valence electrons. The van der Waals surface area contributed by atoms with E-state index in [1.165, 1.54) is 44.5 Å². The Labute approximate surface area is 126 Å². The van der Waals surface area contributed by atoms with Crippen molar-refractivity contribution in [3.8, 4) is 0 Å². The van der Waals surface area contributed by atoms with Crippen LogP contribution in [0.4, 0.5) is 0 Å². The highest BCUT2D eigenvalue weighted by atomic mass is 16.1. The molecule has 0 aliphatic carbocycles. The van der Waals surface area contributed by atoms with Gasteiger partial charge in [0.15, 0.2) is 0 Å². The van der Waals surface area contributed by atoms with Crippen LogP contribution in [0.5, 0.6) is 0 Å². The lowest BCUT2D eigenvalue weighted by Gasteiger charge is -2.33. The van der Waals surface area contributed by atoms with Gasteiger partial charge in [-0.2, -0.15) is 0 Å². The van der Waals surface area contributed by atoms with Crippen molar-refractivity contribution < 1.29 is 0 Å². The van der Waals surface area contributed by atoms with Crippen LogP contribution in [0.1, 0.15) is 43.4 Å². The Hall–Kier alpha value is -1.61. The fourth-order valence-electron chi connectivity index (χ4n) is 3.71. The van der Waals surface area contributed by atoms with E-state index in [1.54, 1.807) is 0 Å². The van der Waals surface area contributed by atoms with Crippen LogP contribution in [0, 0.1) is 6.92 Å². The summed E-state index contributed by atoms with van der Waals surface area (Å²) in [6.45, 7) is 7.84. The summed E-state index contributed by atoms with van der Waals surface area (Å²) in [6, 6.07) is 8.02. The monoisotopic (exact) mass is 284 g/mol. The maximum atomic E-state index is 12.1. The molecular formula is C18H24N2O. The van der Waals surface area contributed by atoms with E-state index in [1.807, 2.05) is 25.1 Å². The van der Waals surface area contributed by atoms with Gasteiger partial charge < -0.3 is 9.88 Å². The smallest absolute Gasteiger partial charge is 0.256 e. The second-order valence-corrected chi connectivity index (χ2v) is 6.15. The van der Waals surface area contributed by atoms with Crippen molar-refractivity contribution in [2.24, 2.45) is 0 Å². The van der Waals surface area contributed by atoms with E-state index in [4.69, 9.17) is 0 Å². The summed E-state index contributed by atoms with van der Waals surface area (Å²) in [6.07, 6.45) is 3.61. The lowest BCUT2D eigenvalue weighted by molar-refractivity contribution is 0.213. The number of rotatable bonds is 3. The minimum absolute atomic E-state index is 0.0373.